The molecule has 3 aromatic carbocycles. The van der Waals surface area contributed by atoms with Crippen LogP contribution in [0.25, 0.3) is 0 Å². The summed E-state index contributed by atoms with van der Waals surface area (Å²) in [4.78, 5) is 12.6. The molecule has 29 heavy (non-hydrogen) atoms. The van der Waals surface area contributed by atoms with Crippen LogP contribution in [0, 0.1) is 6.92 Å². The van der Waals surface area contributed by atoms with E-state index in [4.69, 9.17) is 4.74 Å². The maximum atomic E-state index is 13.0. The van der Waals surface area contributed by atoms with Crippen LogP contribution in [0.3, 0.4) is 0 Å². The highest BCUT2D eigenvalue weighted by Gasteiger charge is 2.39. The molecule has 0 saturated heterocycles. The first kappa shape index (κ1) is 18.9. The Morgan fingerprint density at radius 2 is 1.45 bits per heavy atom. The lowest BCUT2D eigenvalue weighted by Gasteiger charge is -2.29. The molecule has 1 heterocycles. The first-order valence-corrected chi connectivity index (χ1v) is 10.4. The Morgan fingerprint density at radius 1 is 0.862 bits per heavy atom. The van der Waals surface area contributed by atoms with Gasteiger partial charge in [0.2, 0.25) is 0 Å². The van der Waals surface area contributed by atoms with Gasteiger partial charge in [-0.3, -0.25) is 0 Å². The van der Waals surface area contributed by atoms with Crippen molar-refractivity contribution in [2.75, 3.05) is 0 Å². The van der Waals surface area contributed by atoms with E-state index in [2.05, 4.69) is 5.10 Å². The molecule has 1 unspecified atom stereocenters. The standard InChI is InChI=1S/C22H18N2O4S/c1-16-12-14-19(15-13-16)29(26,27)24-22(25)28-21(18-10-6-3-7-11-18)20(23-24)17-8-4-2-5-9-17/h2-15,21H,1H3. The molecule has 0 aliphatic carbocycles. The van der Waals surface area contributed by atoms with Crippen molar-refractivity contribution in [3.8, 4) is 0 Å². The van der Waals surface area contributed by atoms with E-state index in [1.54, 1.807) is 36.4 Å². The van der Waals surface area contributed by atoms with Crippen LogP contribution in [0.2, 0.25) is 0 Å². The molecule has 0 radical (unpaired) electrons. The average Bonchev–Trinajstić information content (AvgIpc) is 2.75. The van der Waals surface area contributed by atoms with E-state index >= 15 is 0 Å². The van der Waals surface area contributed by atoms with Gasteiger partial charge < -0.3 is 4.74 Å². The largest absolute Gasteiger partial charge is 0.446 e. The van der Waals surface area contributed by atoms with Crippen molar-refractivity contribution in [3.63, 3.8) is 0 Å². The first-order chi connectivity index (χ1) is 14.0. The molecule has 0 spiro atoms. The smallest absolute Gasteiger partial charge is 0.433 e. The molecule has 4 rings (SSSR count). The van der Waals surface area contributed by atoms with Crippen molar-refractivity contribution in [1.29, 1.82) is 0 Å². The Labute approximate surface area is 169 Å². The van der Waals surface area contributed by atoms with Gasteiger partial charge in [-0.15, -0.1) is 0 Å². The molecule has 0 bridgehead atoms. The maximum absolute atomic E-state index is 13.0. The third kappa shape index (κ3) is 3.64. The van der Waals surface area contributed by atoms with Crippen molar-refractivity contribution < 1.29 is 17.9 Å². The highest BCUT2D eigenvalue weighted by atomic mass is 32.2. The summed E-state index contributed by atoms with van der Waals surface area (Å²) in [7, 11) is -4.20. The van der Waals surface area contributed by atoms with E-state index in [-0.39, 0.29) is 4.90 Å². The highest BCUT2D eigenvalue weighted by molar-refractivity contribution is 7.89. The summed E-state index contributed by atoms with van der Waals surface area (Å²) in [6.45, 7) is 1.85. The predicted molar refractivity (Wildman–Crippen MR) is 109 cm³/mol. The molecule has 7 heteroatoms. The van der Waals surface area contributed by atoms with Gasteiger partial charge >= 0.3 is 6.09 Å². The number of carbonyl (C=O) groups is 1. The second-order valence-electron chi connectivity index (χ2n) is 6.59. The lowest BCUT2D eigenvalue weighted by atomic mass is 9.99. The lowest BCUT2D eigenvalue weighted by Crippen LogP contribution is -2.41. The number of nitrogens with zero attached hydrogens (tertiary/aromatic N) is 2. The minimum atomic E-state index is -4.20. The van der Waals surface area contributed by atoms with Crippen LogP contribution in [-0.2, 0) is 14.8 Å². The number of rotatable bonds is 4. The zero-order valence-electron chi connectivity index (χ0n) is 15.6. The quantitative estimate of drug-likeness (QED) is 0.648. The Kier molecular flexibility index (Phi) is 4.90. The van der Waals surface area contributed by atoms with Gasteiger partial charge in [0.1, 0.15) is 5.71 Å². The van der Waals surface area contributed by atoms with Gasteiger partial charge in [0, 0.05) is 5.56 Å². The topological polar surface area (TPSA) is 76.0 Å². The Hall–Kier alpha value is -3.45. The fourth-order valence-corrected chi connectivity index (χ4v) is 4.14. The van der Waals surface area contributed by atoms with Gasteiger partial charge in [0.25, 0.3) is 10.0 Å². The van der Waals surface area contributed by atoms with E-state index < -0.39 is 22.2 Å². The van der Waals surface area contributed by atoms with E-state index in [1.807, 2.05) is 43.3 Å². The van der Waals surface area contributed by atoms with Crippen LogP contribution in [0.15, 0.2) is 94.9 Å². The molecule has 0 fully saturated rings. The Bertz CT molecular complexity index is 1160. The van der Waals surface area contributed by atoms with Crippen molar-refractivity contribution in [3.05, 3.63) is 102 Å². The highest BCUT2D eigenvalue weighted by Crippen LogP contribution is 2.31. The van der Waals surface area contributed by atoms with Crippen LogP contribution in [0.4, 0.5) is 4.79 Å². The summed E-state index contributed by atoms with van der Waals surface area (Å²) in [6.07, 6.45) is -1.85. The fourth-order valence-electron chi connectivity index (χ4n) is 3.03. The zero-order valence-corrected chi connectivity index (χ0v) is 16.4. The molecule has 1 amide bonds. The third-order valence-electron chi connectivity index (χ3n) is 4.54. The number of carbonyl (C=O) groups excluding carboxylic acids is 1. The second kappa shape index (κ2) is 7.52. The first-order valence-electron chi connectivity index (χ1n) is 8.98. The number of aryl methyl sites for hydroxylation is 1. The number of hydrogen-bond donors (Lipinski definition) is 0. The number of hydrazone groups is 1. The van der Waals surface area contributed by atoms with E-state index in [9.17, 15) is 13.2 Å². The third-order valence-corrected chi connectivity index (χ3v) is 6.09. The molecule has 1 atom stereocenters. The number of sulfonamides is 1. The van der Waals surface area contributed by atoms with Crippen LogP contribution in [0.5, 0.6) is 0 Å². The molecular weight excluding hydrogens is 388 g/mol. The minimum absolute atomic E-state index is 0.0330. The molecule has 0 saturated carbocycles. The molecular formula is C22H18N2O4S. The van der Waals surface area contributed by atoms with Crippen molar-refractivity contribution in [1.82, 2.24) is 4.41 Å². The number of ether oxygens (including phenoxy) is 1. The van der Waals surface area contributed by atoms with Gasteiger partial charge in [0.05, 0.1) is 4.90 Å². The predicted octanol–water partition coefficient (Wildman–Crippen LogP) is 4.28. The Balaban J connectivity index is 1.84. The second-order valence-corrected chi connectivity index (χ2v) is 8.35. The van der Waals surface area contributed by atoms with Crippen LogP contribution in [0.1, 0.15) is 22.8 Å². The summed E-state index contributed by atoms with van der Waals surface area (Å²) >= 11 is 0. The minimum Gasteiger partial charge on any atom is -0.433 e. The molecule has 146 valence electrons. The summed E-state index contributed by atoms with van der Waals surface area (Å²) in [5, 5.41) is 4.25. The Morgan fingerprint density at radius 3 is 2.07 bits per heavy atom. The molecule has 0 aromatic heterocycles. The van der Waals surface area contributed by atoms with Gasteiger partial charge in [-0.2, -0.15) is 13.5 Å². The van der Waals surface area contributed by atoms with Gasteiger partial charge in [-0.05, 0) is 24.6 Å². The lowest BCUT2D eigenvalue weighted by molar-refractivity contribution is 0.0982. The van der Waals surface area contributed by atoms with Crippen molar-refractivity contribution >= 4 is 21.8 Å². The van der Waals surface area contributed by atoms with Crippen LogP contribution in [-0.4, -0.2) is 24.6 Å². The molecule has 1 aliphatic heterocycles. The van der Waals surface area contributed by atoms with Crippen LogP contribution < -0.4 is 0 Å². The summed E-state index contributed by atoms with van der Waals surface area (Å²) in [6, 6.07) is 24.4. The molecule has 3 aromatic rings. The van der Waals surface area contributed by atoms with Crippen molar-refractivity contribution in [2.45, 2.75) is 17.9 Å². The maximum Gasteiger partial charge on any atom is 0.446 e. The van der Waals surface area contributed by atoms with E-state index in [1.165, 1.54) is 12.1 Å². The summed E-state index contributed by atoms with van der Waals surface area (Å²) < 4.78 is 32.1. The number of cyclic esters (lactones) is 1. The van der Waals surface area contributed by atoms with Gasteiger partial charge in [-0.25, -0.2) is 4.79 Å². The summed E-state index contributed by atoms with van der Waals surface area (Å²) in [5.74, 6) is 0. The van der Waals surface area contributed by atoms with Crippen LogP contribution >= 0.6 is 0 Å². The monoisotopic (exact) mass is 406 g/mol. The molecule has 0 N–H and O–H groups in total. The number of amides is 1. The fraction of sp³-hybridized carbons (Fsp3) is 0.0909. The van der Waals surface area contributed by atoms with Gasteiger partial charge in [0.15, 0.2) is 6.10 Å². The molecule has 6 nitrogen and oxygen atoms in total. The summed E-state index contributed by atoms with van der Waals surface area (Å²) in [5.41, 5.74) is 2.61. The zero-order chi connectivity index (χ0) is 20.4. The van der Waals surface area contributed by atoms with E-state index in [0.29, 0.717) is 21.3 Å². The van der Waals surface area contributed by atoms with Gasteiger partial charge in [-0.1, -0.05) is 82.8 Å². The number of hydrogen-bond acceptors (Lipinski definition) is 5. The number of benzene rings is 3. The average molecular weight is 406 g/mol. The normalized spacial score (nSPS) is 16.9. The van der Waals surface area contributed by atoms with Crippen molar-refractivity contribution in [2.24, 2.45) is 5.10 Å². The molecule has 1 aliphatic rings. The SMILES string of the molecule is Cc1ccc(S(=O)(=O)N2N=C(c3ccccc3)C(c3ccccc3)OC2=O)cc1. The van der Waals surface area contributed by atoms with E-state index in [0.717, 1.165) is 5.56 Å².